The van der Waals surface area contributed by atoms with E-state index < -0.39 is 5.60 Å². The number of rotatable bonds is 2. The van der Waals surface area contributed by atoms with Gasteiger partial charge in [0.15, 0.2) is 11.5 Å². The number of aliphatic hydroxyl groups is 1. The Morgan fingerprint density at radius 1 is 1.41 bits per heavy atom. The number of nitrogens with zero attached hydrogens (tertiary/aromatic N) is 1. The van der Waals surface area contributed by atoms with Crippen molar-refractivity contribution < 1.29 is 14.6 Å². The van der Waals surface area contributed by atoms with Crippen LogP contribution in [0, 0.1) is 0 Å². The molecule has 0 amide bonds. The standard InChI is InChI=1S/C12H14ClNO3/c1-12(15)5-14(6-12)4-8-2-9(13)11-10(3-8)16-7-17-11/h2-3,15H,4-7H2,1H3. The van der Waals surface area contributed by atoms with Gasteiger partial charge in [-0.25, -0.2) is 0 Å². The molecule has 2 heterocycles. The Balaban J connectivity index is 1.74. The van der Waals surface area contributed by atoms with Crippen molar-refractivity contribution >= 4 is 11.6 Å². The van der Waals surface area contributed by atoms with Gasteiger partial charge in [0, 0.05) is 19.6 Å². The molecular weight excluding hydrogens is 242 g/mol. The maximum atomic E-state index is 9.66. The van der Waals surface area contributed by atoms with E-state index in [0.717, 1.165) is 12.1 Å². The zero-order chi connectivity index (χ0) is 12.0. The molecule has 1 aromatic rings. The van der Waals surface area contributed by atoms with Crippen LogP contribution in [-0.2, 0) is 6.54 Å². The second kappa shape index (κ2) is 3.77. The van der Waals surface area contributed by atoms with Gasteiger partial charge in [0.25, 0.3) is 0 Å². The maximum absolute atomic E-state index is 9.66. The molecule has 92 valence electrons. The van der Waals surface area contributed by atoms with Crippen molar-refractivity contribution in [3.8, 4) is 11.5 Å². The lowest BCUT2D eigenvalue weighted by Gasteiger charge is -2.44. The average Bonchev–Trinajstić information content (AvgIpc) is 2.63. The topological polar surface area (TPSA) is 41.9 Å². The van der Waals surface area contributed by atoms with Gasteiger partial charge in [-0.3, -0.25) is 4.90 Å². The molecule has 0 spiro atoms. The minimum absolute atomic E-state index is 0.233. The Kier molecular flexibility index (Phi) is 2.47. The lowest BCUT2D eigenvalue weighted by atomic mass is 9.96. The summed E-state index contributed by atoms with van der Waals surface area (Å²) in [5.74, 6) is 1.34. The number of likely N-dealkylation sites (tertiary alicyclic amines) is 1. The number of hydrogen-bond acceptors (Lipinski definition) is 4. The van der Waals surface area contributed by atoms with Crippen LogP contribution in [0.25, 0.3) is 0 Å². The summed E-state index contributed by atoms with van der Waals surface area (Å²) in [4.78, 5) is 2.16. The van der Waals surface area contributed by atoms with Gasteiger partial charge in [-0.15, -0.1) is 0 Å². The minimum Gasteiger partial charge on any atom is -0.454 e. The molecule has 0 atom stereocenters. The summed E-state index contributed by atoms with van der Waals surface area (Å²) in [5.41, 5.74) is 0.537. The van der Waals surface area contributed by atoms with E-state index in [0.29, 0.717) is 29.6 Å². The Labute approximate surface area is 105 Å². The molecule has 0 aliphatic carbocycles. The molecule has 1 saturated heterocycles. The van der Waals surface area contributed by atoms with Gasteiger partial charge in [0.1, 0.15) is 0 Å². The zero-order valence-corrected chi connectivity index (χ0v) is 10.3. The van der Waals surface area contributed by atoms with Crippen LogP contribution in [0.2, 0.25) is 5.02 Å². The van der Waals surface area contributed by atoms with Crippen molar-refractivity contribution in [1.82, 2.24) is 4.90 Å². The van der Waals surface area contributed by atoms with E-state index in [2.05, 4.69) is 4.90 Å². The quantitative estimate of drug-likeness (QED) is 0.872. The molecule has 4 nitrogen and oxygen atoms in total. The first-order valence-electron chi connectivity index (χ1n) is 5.56. The van der Waals surface area contributed by atoms with Crippen LogP contribution in [0.3, 0.4) is 0 Å². The normalized spacial score (nSPS) is 21.4. The van der Waals surface area contributed by atoms with Crippen LogP contribution in [0.1, 0.15) is 12.5 Å². The number of benzene rings is 1. The highest BCUT2D eigenvalue weighted by Crippen LogP contribution is 2.40. The van der Waals surface area contributed by atoms with Gasteiger partial charge in [-0.1, -0.05) is 11.6 Å². The van der Waals surface area contributed by atoms with Gasteiger partial charge >= 0.3 is 0 Å². The second-order valence-corrected chi connectivity index (χ2v) is 5.36. The summed E-state index contributed by atoms with van der Waals surface area (Å²) in [6, 6.07) is 3.84. The predicted octanol–water partition coefficient (Wildman–Crippen LogP) is 1.64. The third-order valence-corrected chi connectivity index (χ3v) is 3.30. The highest BCUT2D eigenvalue weighted by molar-refractivity contribution is 6.32. The van der Waals surface area contributed by atoms with Crippen molar-refractivity contribution in [2.45, 2.75) is 19.1 Å². The smallest absolute Gasteiger partial charge is 0.231 e. The van der Waals surface area contributed by atoms with Crippen molar-refractivity contribution in [1.29, 1.82) is 0 Å². The molecule has 0 aromatic heterocycles. The second-order valence-electron chi connectivity index (χ2n) is 4.95. The minimum atomic E-state index is -0.542. The number of fused-ring (bicyclic) bond motifs is 1. The van der Waals surface area contributed by atoms with Crippen LogP contribution >= 0.6 is 11.6 Å². The molecule has 2 aliphatic rings. The number of ether oxygens (including phenoxy) is 2. The Hall–Kier alpha value is -0.970. The summed E-state index contributed by atoms with van der Waals surface area (Å²) >= 11 is 6.10. The van der Waals surface area contributed by atoms with E-state index in [1.165, 1.54) is 0 Å². The van der Waals surface area contributed by atoms with Gasteiger partial charge in [-0.2, -0.15) is 0 Å². The van der Waals surface area contributed by atoms with E-state index in [1.54, 1.807) is 0 Å². The van der Waals surface area contributed by atoms with Crippen molar-refractivity contribution in [2.24, 2.45) is 0 Å². The van der Waals surface area contributed by atoms with E-state index in [9.17, 15) is 5.11 Å². The number of halogens is 1. The predicted molar refractivity (Wildman–Crippen MR) is 63.5 cm³/mol. The first-order chi connectivity index (χ1) is 8.03. The molecule has 3 rings (SSSR count). The first-order valence-corrected chi connectivity index (χ1v) is 5.94. The lowest BCUT2D eigenvalue weighted by molar-refractivity contribution is -0.0871. The lowest BCUT2D eigenvalue weighted by Crippen LogP contribution is -2.59. The Morgan fingerprint density at radius 3 is 2.88 bits per heavy atom. The van der Waals surface area contributed by atoms with Gasteiger partial charge in [-0.05, 0) is 24.6 Å². The van der Waals surface area contributed by atoms with Gasteiger partial charge in [0.2, 0.25) is 6.79 Å². The van der Waals surface area contributed by atoms with Crippen LogP contribution in [0.15, 0.2) is 12.1 Å². The number of β-amino-alcohol motifs (C(OH)–C–C–N with tert-alkyl or cyclic N) is 1. The molecule has 0 unspecified atom stereocenters. The summed E-state index contributed by atoms with van der Waals surface area (Å²) in [5, 5.41) is 10.2. The van der Waals surface area contributed by atoms with E-state index in [1.807, 2.05) is 19.1 Å². The van der Waals surface area contributed by atoms with E-state index in [-0.39, 0.29) is 6.79 Å². The molecule has 0 bridgehead atoms. The third kappa shape index (κ3) is 2.08. The molecule has 1 fully saturated rings. The highest BCUT2D eigenvalue weighted by atomic mass is 35.5. The van der Waals surface area contributed by atoms with Gasteiger partial charge in [0.05, 0.1) is 10.6 Å². The molecular formula is C12H14ClNO3. The highest BCUT2D eigenvalue weighted by Gasteiger charge is 2.36. The van der Waals surface area contributed by atoms with Crippen molar-refractivity contribution in [3.05, 3.63) is 22.7 Å². The molecule has 1 N–H and O–H groups in total. The molecule has 0 radical (unpaired) electrons. The van der Waals surface area contributed by atoms with Crippen LogP contribution in [0.5, 0.6) is 11.5 Å². The Morgan fingerprint density at radius 2 is 2.18 bits per heavy atom. The SMILES string of the molecule is CC1(O)CN(Cc2cc(Cl)c3c(c2)OCO3)C1. The fourth-order valence-corrected chi connectivity index (χ4v) is 2.69. The van der Waals surface area contributed by atoms with Crippen LogP contribution < -0.4 is 9.47 Å². The molecule has 1 aromatic carbocycles. The van der Waals surface area contributed by atoms with Gasteiger partial charge < -0.3 is 14.6 Å². The molecule has 5 heteroatoms. The van der Waals surface area contributed by atoms with E-state index in [4.69, 9.17) is 21.1 Å². The summed E-state index contributed by atoms with van der Waals surface area (Å²) in [6.07, 6.45) is 0. The molecule has 17 heavy (non-hydrogen) atoms. The Bertz CT molecular complexity index is 453. The average molecular weight is 256 g/mol. The molecule has 0 saturated carbocycles. The monoisotopic (exact) mass is 255 g/mol. The molecule has 2 aliphatic heterocycles. The van der Waals surface area contributed by atoms with Crippen molar-refractivity contribution in [2.75, 3.05) is 19.9 Å². The van der Waals surface area contributed by atoms with E-state index >= 15 is 0 Å². The maximum Gasteiger partial charge on any atom is 0.231 e. The largest absolute Gasteiger partial charge is 0.454 e. The van der Waals surface area contributed by atoms with Crippen LogP contribution in [0.4, 0.5) is 0 Å². The summed E-state index contributed by atoms with van der Waals surface area (Å²) in [6.45, 7) is 4.23. The first kappa shape index (κ1) is 11.1. The summed E-state index contributed by atoms with van der Waals surface area (Å²) in [7, 11) is 0. The number of hydrogen-bond donors (Lipinski definition) is 1. The van der Waals surface area contributed by atoms with Crippen LogP contribution in [-0.4, -0.2) is 35.5 Å². The fraction of sp³-hybridized carbons (Fsp3) is 0.500. The van der Waals surface area contributed by atoms with Crippen molar-refractivity contribution in [3.63, 3.8) is 0 Å². The third-order valence-electron chi connectivity index (χ3n) is 3.02. The fourth-order valence-electron chi connectivity index (χ4n) is 2.40. The zero-order valence-electron chi connectivity index (χ0n) is 9.57. The summed E-state index contributed by atoms with van der Waals surface area (Å²) < 4.78 is 10.6.